The minimum absolute atomic E-state index is 0.0899. The van der Waals surface area contributed by atoms with Gasteiger partial charge in [-0.2, -0.15) is 0 Å². The van der Waals surface area contributed by atoms with Gasteiger partial charge >= 0.3 is 0 Å². The third-order valence-electron chi connectivity index (χ3n) is 6.73. The number of rotatable bonds is 6. The van der Waals surface area contributed by atoms with E-state index >= 15 is 0 Å². The van der Waals surface area contributed by atoms with Gasteiger partial charge in [0.1, 0.15) is 23.5 Å². The summed E-state index contributed by atoms with van der Waals surface area (Å²) in [6.07, 6.45) is 4.65. The molecule has 1 saturated carbocycles. The molecule has 0 bridgehead atoms. The first kappa shape index (κ1) is 21.3. The number of aromatic nitrogens is 2. The normalized spacial score (nSPS) is 25.0. The number of nitrogens with zero attached hydrogens (tertiary/aromatic N) is 4. The first-order valence-electron chi connectivity index (χ1n) is 11.2. The van der Waals surface area contributed by atoms with Gasteiger partial charge in [-0.25, -0.2) is 9.97 Å². The lowest BCUT2D eigenvalue weighted by molar-refractivity contribution is 0.200. The number of ether oxygens (including phenoxy) is 1. The van der Waals surface area contributed by atoms with Crippen LogP contribution in [0.4, 0.5) is 11.5 Å². The molecule has 3 heterocycles. The molecule has 32 heavy (non-hydrogen) atoms. The lowest BCUT2D eigenvalue weighted by atomic mass is 10.0. The maximum absolute atomic E-state index is 11.7. The summed E-state index contributed by atoms with van der Waals surface area (Å²) in [7, 11) is -0.651. The van der Waals surface area contributed by atoms with E-state index in [9.17, 15) is 4.21 Å². The zero-order valence-electron chi connectivity index (χ0n) is 18.4. The molecule has 1 aromatic heterocycles. The first-order chi connectivity index (χ1) is 15.4. The van der Waals surface area contributed by atoms with Crippen molar-refractivity contribution < 1.29 is 8.95 Å². The van der Waals surface area contributed by atoms with Crippen molar-refractivity contribution in [2.24, 2.45) is 0 Å². The van der Waals surface area contributed by atoms with Gasteiger partial charge in [0.2, 0.25) is 0 Å². The zero-order valence-corrected chi connectivity index (χ0v) is 19.2. The second-order valence-corrected chi connectivity index (χ2v) is 10.8. The van der Waals surface area contributed by atoms with Crippen LogP contribution in [0.15, 0.2) is 30.6 Å². The minimum Gasteiger partial charge on any atom is -0.488 e. The van der Waals surface area contributed by atoms with Gasteiger partial charge < -0.3 is 15.4 Å². The summed E-state index contributed by atoms with van der Waals surface area (Å²) in [6.45, 7) is 5.68. The van der Waals surface area contributed by atoms with E-state index in [1.807, 2.05) is 18.2 Å². The second kappa shape index (κ2) is 8.44. The predicted octanol–water partition coefficient (Wildman–Crippen LogP) is 2.05. The largest absolute Gasteiger partial charge is 0.488 e. The fourth-order valence-corrected chi connectivity index (χ4v) is 5.93. The Kier molecular flexibility index (Phi) is 5.63. The first-order valence-corrected chi connectivity index (χ1v) is 12.7. The topological polar surface area (TPSA) is 108 Å². The van der Waals surface area contributed by atoms with Crippen molar-refractivity contribution in [1.82, 2.24) is 14.9 Å². The van der Waals surface area contributed by atoms with Gasteiger partial charge in [-0.05, 0) is 44.4 Å². The Morgan fingerprint density at radius 3 is 2.69 bits per heavy atom. The smallest absolute Gasteiger partial charge is 0.132 e. The van der Waals surface area contributed by atoms with Crippen LogP contribution in [0.5, 0.6) is 5.75 Å². The molecule has 1 aliphatic carbocycles. The molecule has 2 atom stereocenters. The Hall–Kier alpha value is -2.52. The van der Waals surface area contributed by atoms with Crippen molar-refractivity contribution in [2.75, 3.05) is 48.3 Å². The van der Waals surface area contributed by atoms with E-state index in [1.54, 1.807) is 6.07 Å². The van der Waals surface area contributed by atoms with Crippen LogP contribution < -0.4 is 15.4 Å². The zero-order chi connectivity index (χ0) is 22.3. The van der Waals surface area contributed by atoms with E-state index in [4.69, 9.17) is 15.9 Å². The maximum atomic E-state index is 11.7. The summed E-state index contributed by atoms with van der Waals surface area (Å²) in [6, 6.07) is 7.82. The van der Waals surface area contributed by atoms with Crippen molar-refractivity contribution in [3.63, 3.8) is 0 Å². The van der Waals surface area contributed by atoms with Crippen LogP contribution in [-0.2, 0) is 10.8 Å². The van der Waals surface area contributed by atoms with E-state index in [0.717, 1.165) is 68.5 Å². The number of hydrogen-bond acceptors (Lipinski definition) is 8. The summed E-state index contributed by atoms with van der Waals surface area (Å²) in [5.74, 6) is 3.19. The van der Waals surface area contributed by atoms with Crippen LogP contribution in [-0.4, -0.2) is 74.1 Å². The average molecular weight is 455 g/mol. The van der Waals surface area contributed by atoms with Crippen LogP contribution in [0.3, 0.4) is 0 Å². The molecule has 0 radical (unpaired) electrons. The molecule has 2 aromatic rings. The number of nitrogens with one attached hydrogen (secondary N) is 1. The molecule has 9 heteroatoms. The Morgan fingerprint density at radius 2 is 2.00 bits per heavy atom. The van der Waals surface area contributed by atoms with Gasteiger partial charge in [0, 0.05) is 71.8 Å². The van der Waals surface area contributed by atoms with Crippen LogP contribution in [0, 0.1) is 5.41 Å². The molecule has 170 valence electrons. The molecule has 0 spiro atoms. The number of anilines is 2. The molecule has 3 N–H and O–H groups in total. The van der Waals surface area contributed by atoms with E-state index in [0.29, 0.717) is 23.0 Å². The Morgan fingerprint density at radius 1 is 1.22 bits per heavy atom. The molecule has 3 fully saturated rings. The van der Waals surface area contributed by atoms with Gasteiger partial charge in [-0.15, -0.1) is 0 Å². The molecular weight excluding hydrogens is 424 g/mol. The number of benzene rings is 1. The van der Waals surface area contributed by atoms with Gasteiger partial charge in [0.25, 0.3) is 0 Å². The number of nitrogen functional groups attached to an aromatic ring is 1. The molecule has 2 saturated heterocycles. The molecule has 5 rings (SSSR count). The van der Waals surface area contributed by atoms with Crippen molar-refractivity contribution in [1.29, 1.82) is 5.41 Å². The van der Waals surface area contributed by atoms with E-state index in [2.05, 4.69) is 26.7 Å². The van der Waals surface area contributed by atoms with Crippen LogP contribution in [0.1, 0.15) is 37.4 Å². The highest BCUT2D eigenvalue weighted by atomic mass is 32.2. The summed E-state index contributed by atoms with van der Waals surface area (Å²) in [5.41, 5.74) is 8.07. The highest BCUT2D eigenvalue weighted by Crippen LogP contribution is 2.40. The van der Waals surface area contributed by atoms with Crippen molar-refractivity contribution in [2.45, 2.75) is 37.8 Å². The lowest BCUT2D eigenvalue weighted by Crippen LogP contribution is -2.50. The number of hydrogen-bond donors (Lipinski definition) is 2. The average Bonchev–Trinajstić information content (AvgIpc) is 3.37. The highest BCUT2D eigenvalue weighted by Gasteiger charge is 2.40. The highest BCUT2D eigenvalue weighted by molar-refractivity contribution is 7.85. The van der Waals surface area contributed by atoms with Crippen molar-refractivity contribution >= 4 is 28.0 Å². The second-order valence-electron chi connectivity index (χ2n) is 9.21. The van der Waals surface area contributed by atoms with Gasteiger partial charge in [0.05, 0.1) is 11.4 Å². The third kappa shape index (κ3) is 4.49. The number of piperazine rings is 1. The monoisotopic (exact) mass is 454 g/mol. The molecule has 8 nitrogen and oxygen atoms in total. The van der Waals surface area contributed by atoms with Crippen LogP contribution >= 0.6 is 0 Å². The maximum Gasteiger partial charge on any atom is 0.132 e. The van der Waals surface area contributed by atoms with Crippen molar-refractivity contribution in [3.8, 4) is 5.75 Å². The lowest BCUT2D eigenvalue weighted by Gasteiger charge is -2.38. The Balaban J connectivity index is 1.28. The van der Waals surface area contributed by atoms with Crippen LogP contribution in [0.2, 0.25) is 0 Å². The third-order valence-corrected chi connectivity index (χ3v) is 8.18. The fourth-order valence-electron chi connectivity index (χ4n) is 4.43. The minimum atomic E-state index is -0.651. The Labute approximate surface area is 191 Å². The SMILES string of the molecule is CC1(Oc2ccc(N)c(C(=N)c3cc(N4CCN(C5CCS(=O)C5)CC4)ncn3)c2)CC1. The van der Waals surface area contributed by atoms with Gasteiger partial charge in [0.15, 0.2) is 0 Å². The summed E-state index contributed by atoms with van der Waals surface area (Å²) in [5, 5.41) is 8.75. The summed E-state index contributed by atoms with van der Waals surface area (Å²) < 4.78 is 17.8. The molecule has 2 aliphatic heterocycles. The van der Waals surface area contributed by atoms with Crippen LogP contribution in [0.25, 0.3) is 0 Å². The quantitative estimate of drug-likeness (QED) is 0.508. The van der Waals surface area contributed by atoms with E-state index < -0.39 is 10.8 Å². The van der Waals surface area contributed by atoms with Gasteiger partial charge in [-0.3, -0.25) is 14.5 Å². The molecule has 0 amide bonds. The standard InChI is InChI=1S/C23H30N6O2S/c1-23(5-6-23)31-17-2-3-19(24)18(12-17)22(25)20-13-21(27-15-26-20)29-9-7-28(8-10-29)16-4-11-32(30)14-16/h2-3,12-13,15-16,25H,4-11,14,24H2,1H3. The molecule has 3 aliphatic rings. The van der Waals surface area contributed by atoms with Crippen molar-refractivity contribution in [3.05, 3.63) is 41.9 Å². The Bertz CT molecular complexity index is 1050. The molecular formula is C23H30N6O2S. The summed E-state index contributed by atoms with van der Waals surface area (Å²) >= 11 is 0. The van der Waals surface area contributed by atoms with E-state index in [-0.39, 0.29) is 11.3 Å². The van der Waals surface area contributed by atoms with E-state index in [1.165, 1.54) is 6.33 Å². The predicted molar refractivity (Wildman–Crippen MR) is 127 cm³/mol. The fraction of sp³-hybridized carbons (Fsp3) is 0.522. The molecule has 1 aromatic carbocycles. The molecule has 2 unspecified atom stereocenters. The van der Waals surface area contributed by atoms with Gasteiger partial charge in [-0.1, -0.05) is 0 Å². The summed E-state index contributed by atoms with van der Waals surface area (Å²) in [4.78, 5) is 13.5. The number of nitrogens with two attached hydrogens (primary N) is 1.